The molecule has 0 saturated heterocycles. The van der Waals surface area contributed by atoms with Gasteiger partial charge in [0, 0.05) is 24.7 Å². The summed E-state index contributed by atoms with van der Waals surface area (Å²) >= 11 is 4.63. The van der Waals surface area contributed by atoms with E-state index in [0.29, 0.717) is 24.9 Å². The van der Waals surface area contributed by atoms with Crippen LogP contribution < -0.4 is 0 Å². The third-order valence-electron chi connectivity index (χ3n) is 6.68. The fourth-order valence-electron chi connectivity index (χ4n) is 5.08. The van der Waals surface area contributed by atoms with E-state index in [1.807, 2.05) is 12.1 Å². The lowest BCUT2D eigenvalue weighted by atomic mass is 9.87. The normalized spacial score (nSPS) is 18.2. The highest BCUT2D eigenvalue weighted by Crippen LogP contribution is 2.28. The van der Waals surface area contributed by atoms with Crippen LogP contribution in [0.25, 0.3) is 0 Å². The van der Waals surface area contributed by atoms with Crippen LogP contribution in [0.15, 0.2) is 29.3 Å². The second kappa shape index (κ2) is 15.3. The van der Waals surface area contributed by atoms with Gasteiger partial charge in [-0.3, -0.25) is 33.9 Å². The number of benzene rings is 1. The zero-order chi connectivity index (χ0) is 28.2. The van der Waals surface area contributed by atoms with E-state index in [4.69, 9.17) is 0 Å². The first-order valence-electron chi connectivity index (χ1n) is 12.2. The maximum absolute atomic E-state index is 11.9. The molecule has 1 fully saturated rings. The minimum Gasteiger partial charge on any atom is -0.480 e. The van der Waals surface area contributed by atoms with Crippen LogP contribution in [0, 0.1) is 0 Å². The summed E-state index contributed by atoms with van der Waals surface area (Å²) in [6.45, 7) is -1.39. The summed E-state index contributed by atoms with van der Waals surface area (Å²) in [5.74, 6) is -4.45. The van der Waals surface area contributed by atoms with Gasteiger partial charge in [0.2, 0.25) is 0 Å². The monoisotopic (exact) mass is 550 g/mol. The Morgan fingerprint density at radius 3 is 1.82 bits per heavy atom. The highest BCUT2D eigenvalue weighted by molar-refractivity contribution is 7.78. The molecule has 0 aliphatic heterocycles. The first-order chi connectivity index (χ1) is 18.0. The van der Waals surface area contributed by atoms with Crippen molar-refractivity contribution in [2.24, 2.45) is 4.99 Å². The fraction of sp³-hybridized carbons (Fsp3) is 0.560. The van der Waals surface area contributed by atoms with Gasteiger partial charge >= 0.3 is 23.9 Å². The molecule has 1 aromatic rings. The van der Waals surface area contributed by atoms with Crippen LogP contribution in [0.2, 0.25) is 0 Å². The molecule has 1 aliphatic carbocycles. The first-order valence-corrected chi connectivity index (χ1v) is 12.6. The minimum absolute atomic E-state index is 0.186. The molecule has 0 spiro atoms. The summed E-state index contributed by atoms with van der Waals surface area (Å²) in [6.07, 6.45) is 3.04. The number of rotatable bonds is 16. The summed E-state index contributed by atoms with van der Waals surface area (Å²) in [5.41, 5.74) is 1.50. The number of nitrogens with zero attached hydrogens (tertiary/aromatic N) is 4. The molecule has 38 heavy (non-hydrogen) atoms. The third kappa shape index (κ3) is 10.3. The average molecular weight is 551 g/mol. The second-order valence-corrected chi connectivity index (χ2v) is 9.65. The fourth-order valence-corrected chi connectivity index (χ4v) is 5.18. The highest BCUT2D eigenvalue weighted by atomic mass is 32.1. The maximum Gasteiger partial charge on any atom is 0.317 e. The molecule has 0 bridgehead atoms. The number of carboxylic acids is 4. The predicted molar refractivity (Wildman–Crippen MR) is 141 cm³/mol. The largest absolute Gasteiger partial charge is 0.480 e. The van der Waals surface area contributed by atoms with Crippen LogP contribution in [0.5, 0.6) is 0 Å². The van der Waals surface area contributed by atoms with Crippen molar-refractivity contribution in [2.45, 2.75) is 50.2 Å². The van der Waals surface area contributed by atoms with Crippen molar-refractivity contribution in [3.63, 3.8) is 0 Å². The van der Waals surface area contributed by atoms with Gasteiger partial charge < -0.3 is 20.4 Å². The molecule has 13 heteroatoms. The van der Waals surface area contributed by atoms with Gasteiger partial charge in [0.25, 0.3) is 0 Å². The molecule has 2 rings (SSSR count). The van der Waals surface area contributed by atoms with Crippen LogP contribution in [-0.2, 0) is 25.6 Å². The molecule has 0 radical (unpaired) electrons. The van der Waals surface area contributed by atoms with Crippen LogP contribution in [0.3, 0.4) is 0 Å². The van der Waals surface area contributed by atoms with Gasteiger partial charge in [-0.2, -0.15) is 4.99 Å². The van der Waals surface area contributed by atoms with E-state index in [-0.39, 0.29) is 19.6 Å². The van der Waals surface area contributed by atoms with Crippen molar-refractivity contribution in [3.8, 4) is 0 Å². The van der Waals surface area contributed by atoms with E-state index in [1.54, 1.807) is 29.0 Å². The topological polar surface area (TPSA) is 171 Å². The molecular weight excluding hydrogens is 516 g/mol. The number of thiocarbonyl (C=S) groups is 1. The maximum atomic E-state index is 11.9. The van der Waals surface area contributed by atoms with Crippen molar-refractivity contribution in [2.75, 3.05) is 39.8 Å². The molecule has 0 aromatic heterocycles. The standard InChI is InChI=1S/C25H34N4O8S/c1-27(12-22(30)31)19(10-17-6-8-18(9-7-17)26-16-38)11-28(13-23(32)33)20-4-2-3-5-21(20)29(14-24(34)35)15-25(36)37/h6-9,19-21H,2-5,10-15H2,1H3,(H,30,31)(H,32,33)(H,34,35)(H,36,37)/t19-,20-,21-/m1/s1. The van der Waals surface area contributed by atoms with E-state index in [0.717, 1.165) is 18.4 Å². The Kier molecular flexibility index (Phi) is 12.4. The van der Waals surface area contributed by atoms with Crippen molar-refractivity contribution >= 4 is 46.9 Å². The highest BCUT2D eigenvalue weighted by Gasteiger charge is 2.37. The first kappa shape index (κ1) is 31.0. The lowest BCUT2D eigenvalue weighted by molar-refractivity contribution is -0.146. The zero-order valence-corrected chi connectivity index (χ0v) is 22.0. The Balaban J connectivity index is 2.39. The average Bonchev–Trinajstić information content (AvgIpc) is 2.82. The Bertz CT molecular complexity index is 1010. The van der Waals surface area contributed by atoms with E-state index in [2.05, 4.69) is 22.4 Å². The van der Waals surface area contributed by atoms with E-state index in [9.17, 15) is 39.6 Å². The number of aliphatic carboxylic acids is 4. The lowest BCUT2D eigenvalue weighted by Gasteiger charge is -2.45. The SMILES string of the molecule is CN(CC(=O)O)[C@H](Cc1ccc(N=C=S)cc1)CN(CC(=O)O)[C@@H]1CCCC[C@H]1N(CC(=O)O)CC(=O)O. The zero-order valence-electron chi connectivity index (χ0n) is 21.2. The van der Waals surface area contributed by atoms with Gasteiger partial charge in [-0.1, -0.05) is 25.0 Å². The van der Waals surface area contributed by atoms with Crippen LogP contribution >= 0.6 is 12.2 Å². The van der Waals surface area contributed by atoms with Gasteiger partial charge in [-0.25, -0.2) is 0 Å². The number of likely N-dealkylation sites (N-methyl/N-ethyl adjacent to an activating group) is 1. The predicted octanol–water partition coefficient (Wildman–Crippen LogP) is 1.52. The number of aliphatic imine (C=N–C) groups is 1. The molecule has 0 heterocycles. The molecule has 12 nitrogen and oxygen atoms in total. The summed E-state index contributed by atoms with van der Waals surface area (Å²) in [6, 6.07) is 5.88. The molecule has 3 atom stereocenters. The Hall–Kier alpha value is -3.22. The molecular formula is C25H34N4O8S. The molecule has 0 unspecified atom stereocenters. The smallest absolute Gasteiger partial charge is 0.317 e. The molecule has 0 amide bonds. The van der Waals surface area contributed by atoms with Gasteiger partial charge in [-0.15, -0.1) is 0 Å². The number of hydrogen-bond donors (Lipinski definition) is 4. The molecule has 4 N–H and O–H groups in total. The van der Waals surface area contributed by atoms with E-state index in [1.165, 1.54) is 4.90 Å². The number of carbonyl (C=O) groups is 4. The summed E-state index contributed by atoms with van der Waals surface area (Å²) in [5, 5.41) is 40.2. The Labute approximate surface area is 226 Å². The van der Waals surface area contributed by atoms with Crippen LogP contribution in [0.1, 0.15) is 31.2 Å². The molecule has 1 saturated carbocycles. The van der Waals surface area contributed by atoms with E-state index >= 15 is 0 Å². The minimum atomic E-state index is -1.17. The number of carboxylic acid groups (broad SMARTS) is 4. The van der Waals surface area contributed by atoms with Gasteiger partial charge in [0.15, 0.2) is 0 Å². The summed E-state index contributed by atoms with van der Waals surface area (Å²) in [7, 11) is 1.65. The lowest BCUT2D eigenvalue weighted by Crippen LogP contribution is -2.59. The quantitative estimate of drug-likeness (QED) is 0.173. The second-order valence-electron chi connectivity index (χ2n) is 9.47. The van der Waals surface area contributed by atoms with Gasteiger partial charge in [-0.05, 0) is 56.2 Å². The Morgan fingerprint density at radius 1 is 0.868 bits per heavy atom. The molecule has 1 aliphatic rings. The number of isothiocyanates is 1. The summed E-state index contributed by atoms with van der Waals surface area (Å²) in [4.78, 5) is 55.1. The van der Waals surface area contributed by atoms with E-state index < -0.39 is 55.1 Å². The van der Waals surface area contributed by atoms with Crippen molar-refractivity contribution < 1.29 is 39.6 Å². The molecule has 208 valence electrons. The summed E-state index contributed by atoms with van der Waals surface area (Å²) < 4.78 is 0. The van der Waals surface area contributed by atoms with Gasteiger partial charge in [0.1, 0.15) is 0 Å². The van der Waals surface area contributed by atoms with Gasteiger partial charge in [0.05, 0.1) is 37.0 Å². The van der Waals surface area contributed by atoms with Crippen LogP contribution in [0.4, 0.5) is 5.69 Å². The number of hydrogen-bond acceptors (Lipinski definition) is 9. The molecule has 1 aromatic carbocycles. The van der Waals surface area contributed by atoms with Crippen LogP contribution in [-0.4, -0.2) is 122 Å². The Morgan fingerprint density at radius 2 is 1.34 bits per heavy atom. The third-order valence-corrected chi connectivity index (χ3v) is 6.77. The van der Waals surface area contributed by atoms with Crippen molar-refractivity contribution in [1.29, 1.82) is 0 Å². The van der Waals surface area contributed by atoms with Crippen molar-refractivity contribution in [1.82, 2.24) is 14.7 Å². The van der Waals surface area contributed by atoms with Crippen molar-refractivity contribution in [3.05, 3.63) is 29.8 Å².